The smallest absolute Gasteiger partial charge is 0.322 e. The minimum Gasteiger partial charge on any atom is -0.364 e. The van der Waals surface area contributed by atoms with E-state index in [1.54, 1.807) is 22.9 Å². The fourth-order valence-corrected chi connectivity index (χ4v) is 3.35. The average Bonchev–Trinajstić information content (AvgIpc) is 2.90. The first kappa shape index (κ1) is 20.0. The summed E-state index contributed by atoms with van der Waals surface area (Å²) < 4.78 is 28.8. The third kappa shape index (κ3) is 4.40. The molecule has 152 valence electrons. The van der Waals surface area contributed by atoms with E-state index in [4.69, 9.17) is 5.73 Å². The molecule has 0 atom stereocenters. The quantitative estimate of drug-likeness (QED) is 0.836. The van der Waals surface area contributed by atoms with Crippen molar-refractivity contribution in [3.05, 3.63) is 23.9 Å². The second-order valence-corrected chi connectivity index (χ2v) is 8.47. The van der Waals surface area contributed by atoms with Crippen molar-refractivity contribution in [2.75, 3.05) is 18.4 Å². The lowest BCUT2D eigenvalue weighted by atomic mass is 9.97. The number of likely N-dealkylation sites (tertiary alicyclic amines) is 1. The van der Waals surface area contributed by atoms with E-state index in [1.807, 2.05) is 20.8 Å². The second-order valence-electron chi connectivity index (χ2n) is 8.47. The zero-order chi connectivity index (χ0) is 20.7. The Morgan fingerprint density at radius 3 is 2.64 bits per heavy atom. The summed E-state index contributed by atoms with van der Waals surface area (Å²) >= 11 is 0. The van der Waals surface area contributed by atoms with Gasteiger partial charge in [0.2, 0.25) is 0 Å². The number of piperidine rings is 1. The first-order chi connectivity index (χ1) is 13.0. The summed E-state index contributed by atoms with van der Waals surface area (Å²) in [6, 6.07) is 4.40. The third-order valence-electron chi connectivity index (χ3n) is 4.54. The number of carbonyl (C=O) groups excluding carboxylic acids is 2. The summed E-state index contributed by atoms with van der Waals surface area (Å²) in [7, 11) is 0. The van der Waals surface area contributed by atoms with E-state index in [9.17, 15) is 18.4 Å². The van der Waals surface area contributed by atoms with Gasteiger partial charge in [0, 0.05) is 30.6 Å². The van der Waals surface area contributed by atoms with Crippen LogP contribution in [0.5, 0.6) is 0 Å². The predicted molar refractivity (Wildman–Crippen MR) is 102 cm³/mol. The third-order valence-corrected chi connectivity index (χ3v) is 4.54. The molecule has 0 aliphatic carbocycles. The Morgan fingerprint density at radius 1 is 1.32 bits per heavy atom. The molecule has 1 aromatic heterocycles. The van der Waals surface area contributed by atoms with Gasteiger partial charge in [-0.2, -0.15) is 5.10 Å². The molecule has 1 aromatic carbocycles. The first-order valence-electron chi connectivity index (χ1n) is 9.19. The standard InChI is InChI=1S/C19H25F2N5O2/c1-18(2,3)10-26-14-6-5-12(9-13(14)15(24-26)16(22)27)23-17(28)25-8-4-7-19(20,21)11-25/h5-6,9H,4,7-8,10-11H2,1-3H3,(H2,22,27)(H,23,28). The highest BCUT2D eigenvalue weighted by Crippen LogP contribution is 2.28. The number of primary amides is 1. The maximum atomic E-state index is 13.6. The summed E-state index contributed by atoms with van der Waals surface area (Å²) in [5, 5.41) is 7.47. The number of benzene rings is 1. The summed E-state index contributed by atoms with van der Waals surface area (Å²) in [5.41, 5.74) is 6.61. The van der Waals surface area contributed by atoms with Gasteiger partial charge >= 0.3 is 6.03 Å². The largest absolute Gasteiger partial charge is 0.364 e. The van der Waals surface area contributed by atoms with Gasteiger partial charge < -0.3 is 16.0 Å². The van der Waals surface area contributed by atoms with E-state index in [-0.39, 0.29) is 30.5 Å². The Kier molecular flexibility index (Phi) is 5.03. The van der Waals surface area contributed by atoms with Crippen molar-refractivity contribution in [1.82, 2.24) is 14.7 Å². The van der Waals surface area contributed by atoms with Crippen LogP contribution in [0, 0.1) is 5.41 Å². The molecule has 7 nitrogen and oxygen atoms in total. The van der Waals surface area contributed by atoms with Gasteiger partial charge in [-0.05, 0) is 30.0 Å². The van der Waals surface area contributed by atoms with E-state index in [0.717, 1.165) is 4.90 Å². The number of aromatic nitrogens is 2. The fourth-order valence-electron chi connectivity index (χ4n) is 3.35. The van der Waals surface area contributed by atoms with Crippen molar-refractivity contribution in [3.8, 4) is 0 Å². The summed E-state index contributed by atoms with van der Waals surface area (Å²) in [5.74, 6) is -3.54. The minimum atomic E-state index is -2.87. The monoisotopic (exact) mass is 393 g/mol. The van der Waals surface area contributed by atoms with Gasteiger partial charge in [0.05, 0.1) is 12.1 Å². The number of rotatable bonds is 3. The molecule has 0 bridgehead atoms. The van der Waals surface area contributed by atoms with Gasteiger partial charge in [-0.3, -0.25) is 9.48 Å². The highest BCUT2D eigenvalue weighted by atomic mass is 19.3. The fraction of sp³-hybridized carbons (Fsp3) is 0.526. The van der Waals surface area contributed by atoms with E-state index in [0.29, 0.717) is 23.1 Å². The highest BCUT2D eigenvalue weighted by Gasteiger charge is 2.37. The lowest BCUT2D eigenvalue weighted by Crippen LogP contribution is -2.47. The number of halogens is 2. The minimum absolute atomic E-state index is 0.0692. The summed E-state index contributed by atoms with van der Waals surface area (Å²) in [6.45, 7) is 6.40. The lowest BCUT2D eigenvalue weighted by Gasteiger charge is -2.32. The molecule has 2 aromatic rings. The van der Waals surface area contributed by atoms with Crippen molar-refractivity contribution >= 4 is 28.5 Å². The van der Waals surface area contributed by atoms with E-state index in [1.165, 1.54) is 0 Å². The van der Waals surface area contributed by atoms with Crippen molar-refractivity contribution in [2.24, 2.45) is 11.1 Å². The number of hydrogen-bond acceptors (Lipinski definition) is 3. The molecule has 0 radical (unpaired) electrons. The highest BCUT2D eigenvalue weighted by molar-refractivity contribution is 6.05. The molecule has 9 heteroatoms. The Labute approximate surface area is 161 Å². The number of nitrogens with one attached hydrogen (secondary N) is 1. The summed E-state index contributed by atoms with van der Waals surface area (Å²) in [6.07, 6.45) is 0.0442. The number of fused-ring (bicyclic) bond motifs is 1. The van der Waals surface area contributed by atoms with Crippen LogP contribution in [0.4, 0.5) is 19.3 Å². The average molecular weight is 393 g/mol. The van der Waals surface area contributed by atoms with Gasteiger partial charge in [0.15, 0.2) is 5.69 Å². The molecule has 3 N–H and O–H groups in total. The molecule has 3 rings (SSSR count). The molecule has 1 aliphatic heterocycles. The zero-order valence-corrected chi connectivity index (χ0v) is 16.3. The number of hydrogen-bond donors (Lipinski definition) is 2. The van der Waals surface area contributed by atoms with Crippen LogP contribution in [0.3, 0.4) is 0 Å². The maximum absolute atomic E-state index is 13.6. The van der Waals surface area contributed by atoms with Crippen molar-refractivity contribution in [2.45, 2.75) is 46.1 Å². The van der Waals surface area contributed by atoms with Crippen LogP contribution in [0.25, 0.3) is 10.9 Å². The number of alkyl halides is 2. The number of nitrogens with zero attached hydrogens (tertiary/aromatic N) is 3. The zero-order valence-electron chi connectivity index (χ0n) is 16.3. The lowest BCUT2D eigenvalue weighted by molar-refractivity contribution is -0.0510. The molecule has 1 aliphatic rings. The molecule has 0 spiro atoms. The predicted octanol–water partition coefficient (Wildman–Crippen LogP) is 3.44. The number of nitrogens with two attached hydrogens (primary N) is 1. The first-order valence-corrected chi connectivity index (χ1v) is 9.19. The van der Waals surface area contributed by atoms with Crippen LogP contribution in [0.1, 0.15) is 44.1 Å². The Balaban J connectivity index is 1.88. The SMILES string of the molecule is CC(C)(C)Cn1nc(C(N)=O)c2cc(NC(=O)N3CCCC(F)(F)C3)ccc21. The maximum Gasteiger partial charge on any atom is 0.322 e. The number of carbonyl (C=O) groups is 2. The van der Waals surface area contributed by atoms with Crippen molar-refractivity contribution in [1.29, 1.82) is 0 Å². The van der Waals surface area contributed by atoms with Gasteiger partial charge in [0.1, 0.15) is 0 Å². The van der Waals surface area contributed by atoms with Gasteiger partial charge in [-0.1, -0.05) is 20.8 Å². The molecule has 0 unspecified atom stereocenters. The van der Waals surface area contributed by atoms with Crippen LogP contribution in [0.2, 0.25) is 0 Å². The molecular weight excluding hydrogens is 368 g/mol. The molecular formula is C19H25F2N5O2. The van der Waals surface area contributed by atoms with Gasteiger partial charge in [-0.15, -0.1) is 0 Å². The second kappa shape index (κ2) is 7.03. The van der Waals surface area contributed by atoms with Gasteiger partial charge in [0.25, 0.3) is 11.8 Å². The Bertz CT molecular complexity index is 917. The molecule has 1 fully saturated rings. The van der Waals surface area contributed by atoms with E-state index < -0.39 is 24.4 Å². The van der Waals surface area contributed by atoms with Crippen LogP contribution in [0.15, 0.2) is 18.2 Å². The van der Waals surface area contributed by atoms with E-state index in [2.05, 4.69) is 10.4 Å². The van der Waals surface area contributed by atoms with E-state index >= 15 is 0 Å². The van der Waals surface area contributed by atoms with Crippen molar-refractivity contribution in [3.63, 3.8) is 0 Å². The van der Waals surface area contributed by atoms with Crippen LogP contribution in [-0.2, 0) is 6.54 Å². The molecule has 1 saturated heterocycles. The van der Waals surface area contributed by atoms with Crippen LogP contribution in [-0.4, -0.2) is 45.6 Å². The molecule has 28 heavy (non-hydrogen) atoms. The van der Waals surface area contributed by atoms with Crippen LogP contribution >= 0.6 is 0 Å². The van der Waals surface area contributed by atoms with Crippen LogP contribution < -0.4 is 11.1 Å². The number of amides is 3. The Hall–Kier alpha value is -2.71. The topological polar surface area (TPSA) is 93.2 Å². The van der Waals surface area contributed by atoms with Gasteiger partial charge in [-0.25, -0.2) is 13.6 Å². The number of urea groups is 1. The molecule has 0 saturated carbocycles. The van der Waals surface area contributed by atoms with Crippen molar-refractivity contribution < 1.29 is 18.4 Å². The Morgan fingerprint density at radius 2 is 2.04 bits per heavy atom. The molecule has 3 amide bonds. The normalized spacial score (nSPS) is 17.0. The summed E-state index contributed by atoms with van der Waals surface area (Å²) in [4.78, 5) is 25.3. The number of anilines is 1. The molecule has 2 heterocycles.